The molecule has 1 aromatic carbocycles. The van der Waals surface area contributed by atoms with Crippen molar-refractivity contribution in [2.45, 2.75) is 19.9 Å². The van der Waals surface area contributed by atoms with Crippen LogP contribution in [0.4, 0.5) is 0 Å². The third-order valence-corrected chi connectivity index (χ3v) is 3.56. The largest absolute Gasteiger partial charge is 0.315 e. The van der Waals surface area contributed by atoms with Crippen molar-refractivity contribution in [2.24, 2.45) is 0 Å². The van der Waals surface area contributed by atoms with E-state index in [1.54, 1.807) is 11.3 Å². The molecule has 3 heteroatoms. The van der Waals surface area contributed by atoms with Crippen LogP contribution in [-0.2, 0) is 13.0 Å². The van der Waals surface area contributed by atoms with Gasteiger partial charge in [0.05, 0.1) is 0 Å². The SMILES string of the molecule is CCc1ccc(-c2ncc(CNC)s2)cc1. The molecule has 84 valence electrons. The highest BCUT2D eigenvalue weighted by Crippen LogP contribution is 2.25. The standard InChI is InChI=1S/C13H16N2S/c1-3-10-4-6-11(7-5-10)13-15-9-12(16-13)8-14-2/h4-7,9,14H,3,8H2,1-2H3. The van der Waals surface area contributed by atoms with Crippen molar-refractivity contribution in [1.29, 1.82) is 0 Å². The Morgan fingerprint density at radius 1 is 1.25 bits per heavy atom. The monoisotopic (exact) mass is 232 g/mol. The Morgan fingerprint density at radius 2 is 2.00 bits per heavy atom. The van der Waals surface area contributed by atoms with E-state index in [0.717, 1.165) is 18.0 Å². The Labute approximate surface area is 100 Å². The Hall–Kier alpha value is -1.19. The number of hydrogen-bond donors (Lipinski definition) is 1. The summed E-state index contributed by atoms with van der Waals surface area (Å²) in [7, 11) is 1.95. The second kappa shape index (κ2) is 5.23. The summed E-state index contributed by atoms with van der Waals surface area (Å²) < 4.78 is 0. The van der Waals surface area contributed by atoms with E-state index in [1.807, 2.05) is 13.2 Å². The number of rotatable bonds is 4. The normalized spacial score (nSPS) is 10.6. The number of thiazole rings is 1. The Bertz CT molecular complexity index is 445. The quantitative estimate of drug-likeness (QED) is 0.876. The lowest BCUT2D eigenvalue weighted by atomic mass is 10.1. The average Bonchev–Trinajstić information content (AvgIpc) is 2.78. The van der Waals surface area contributed by atoms with Gasteiger partial charge in [-0.05, 0) is 19.0 Å². The molecule has 0 aliphatic rings. The fourth-order valence-electron chi connectivity index (χ4n) is 1.58. The molecule has 2 aromatic rings. The highest BCUT2D eigenvalue weighted by atomic mass is 32.1. The van der Waals surface area contributed by atoms with E-state index in [0.29, 0.717) is 0 Å². The molecule has 1 aromatic heterocycles. The van der Waals surface area contributed by atoms with Crippen LogP contribution in [0, 0.1) is 0 Å². The van der Waals surface area contributed by atoms with Crippen molar-refractivity contribution in [3.8, 4) is 10.6 Å². The van der Waals surface area contributed by atoms with Gasteiger partial charge >= 0.3 is 0 Å². The highest BCUT2D eigenvalue weighted by Gasteiger charge is 2.03. The van der Waals surface area contributed by atoms with Crippen LogP contribution in [0.15, 0.2) is 30.5 Å². The van der Waals surface area contributed by atoms with E-state index >= 15 is 0 Å². The van der Waals surface area contributed by atoms with E-state index < -0.39 is 0 Å². The number of benzene rings is 1. The zero-order valence-electron chi connectivity index (χ0n) is 9.66. The first-order valence-electron chi connectivity index (χ1n) is 5.52. The van der Waals surface area contributed by atoms with Crippen molar-refractivity contribution in [3.05, 3.63) is 40.9 Å². The fourth-order valence-corrected chi connectivity index (χ4v) is 2.51. The number of nitrogens with one attached hydrogen (secondary N) is 1. The van der Waals surface area contributed by atoms with Crippen LogP contribution >= 0.6 is 11.3 Å². The summed E-state index contributed by atoms with van der Waals surface area (Å²) in [4.78, 5) is 5.71. The third-order valence-electron chi connectivity index (χ3n) is 2.51. The maximum absolute atomic E-state index is 4.44. The van der Waals surface area contributed by atoms with Crippen LogP contribution in [0.3, 0.4) is 0 Å². The van der Waals surface area contributed by atoms with Crippen LogP contribution in [0.25, 0.3) is 10.6 Å². The summed E-state index contributed by atoms with van der Waals surface area (Å²) in [6.07, 6.45) is 3.04. The summed E-state index contributed by atoms with van der Waals surface area (Å²) in [6, 6.07) is 8.66. The van der Waals surface area contributed by atoms with E-state index in [1.165, 1.54) is 16.0 Å². The van der Waals surface area contributed by atoms with Gasteiger partial charge in [-0.15, -0.1) is 11.3 Å². The van der Waals surface area contributed by atoms with Gasteiger partial charge in [0.15, 0.2) is 0 Å². The molecule has 0 saturated carbocycles. The zero-order chi connectivity index (χ0) is 11.4. The molecule has 0 aliphatic carbocycles. The molecule has 0 atom stereocenters. The molecule has 0 fully saturated rings. The fraction of sp³-hybridized carbons (Fsp3) is 0.308. The topological polar surface area (TPSA) is 24.9 Å². The van der Waals surface area contributed by atoms with E-state index in [-0.39, 0.29) is 0 Å². The van der Waals surface area contributed by atoms with Gasteiger partial charge in [0, 0.05) is 23.2 Å². The summed E-state index contributed by atoms with van der Waals surface area (Å²) in [5.74, 6) is 0. The lowest BCUT2D eigenvalue weighted by Crippen LogP contribution is -2.02. The molecule has 1 N–H and O–H groups in total. The lowest BCUT2D eigenvalue weighted by molar-refractivity contribution is 0.829. The molecular weight excluding hydrogens is 216 g/mol. The van der Waals surface area contributed by atoms with Gasteiger partial charge in [0.1, 0.15) is 5.01 Å². The molecule has 16 heavy (non-hydrogen) atoms. The van der Waals surface area contributed by atoms with Crippen molar-refractivity contribution in [3.63, 3.8) is 0 Å². The van der Waals surface area contributed by atoms with E-state index in [4.69, 9.17) is 0 Å². The number of aromatic nitrogens is 1. The van der Waals surface area contributed by atoms with Crippen LogP contribution in [0.5, 0.6) is 0 Å². The Balaban J connectivity index is 2.21. The summed E-state index contributed by atoms with van der Waals surface area (Å²) in [5, 5.41) is 4.24. The molecule has 0 saturated heterocycles. The molecule has 1 heterocycles. The van der Waals surface area contributed by atoms with Crippen molar-refractivity contribution >= 4 is 11.3 Å². The minimum atomic E-state index is 0.894. The molecule has 0 amide bonds. The molecule has 0 spiro atoms. The van der Waals surface area contributed by atoms with Gasteiger partial charge in [-0.3, -0.25) is 0 Å². The smallest absolute Gasteiger partial charge is 0.123 e. The highest BCUT2D eigenvalue weighted by molar-refractivity contribution is 7.15. The van der Waals surface area contributed by atoms with Crippen LogP contribution in [0.1, 0.15) is 17.4 Å². The van der Waals surface area contributed by atoms with Crippen LogP contribution < -0.4 is 5.32 Å². The van der Waals surface area contributed by atoms with Crippen molar-refractivity contribution < 1.29 is 0 Å². The van der Waals surface area contributed by atoms with E-state index in [9.17, 15) is 0 Å². The van der Waals surface area contributed by atoms with Crippen LogP contribution in [-0.4, -0.2) is 12.0 Å². The summed E-state index contributed by atoms with van der Waals surface area (Å²) in [6.45, 7) is 3.06. The Kier molecular flexibility index (Phi) is 3.70. The van der Waals surface area contributed by atoms with Gasteiger partial charge in [-0.25, -0.2) is 4.98 Å². The lowest BCUT2D eigenvalue weighted by Gasteiger charge is -1.98. The van der Waals surface area contributed by atoms with E-state index in [2.05, 4.69) is 41.5 Å². The predicted octanol–water partition coefficient (Wildman–Crippen LogP) is 3.09. The van der Waals surface area contributed by atoms with Gasteiger partial charge in [-0.2, -0.15) is 0 Å². The number of hydrogen-bond acceptors (Lipinski definition) is 3. The van der Waals surface area contributed by atoms with Gasteiger partial charge < -0.3 is 5.32 Å². The molecule has 0 radical (unpaired) electrons. The minimum Gasteiger partial charge on any atom is -0.315 e. The zero-order valence-corrected chi connectivity index (χ0v) is 10.5. The Morgan fingerprint density at radius 3 is 2.62 bits per heavy atom. The molecule has 0 aliphatic heterocycles. The van der Waals surface area contributed by atoms with Gasteiger partial charge in [0.2, 0.25) is 0 Å². The number of nitrogens with zero attached hydrogens (tertiary/aromatic N) is 1. The maximum Gasteiger partial charge on any atom is 0.123 e. The van der Waals surface area contributed by atoms with Crippen molar-refractivity contribution in [2.75, 3.05) is 7.05 Å². The summed E-state index contributed by atoms with van der Waals surface area (Å²) >= 11 is 1.75. The van der Waals surface area contributed by atoms with Crippen molar-refractivity contribution in [1.82, 2.24) is 10.3 Å². The second-order valence-electron chi connectivity index (χ2n) is 3.71. The number of aryl methyl sites for hydroxylation is 1. The van der Waals surface area contributed by atoms with Gasteiger partial charge in [0.25, 0.3) is 0 Å². The maximum atomic E-state index is 4.44. The van der Waals surface area contributed by atoms with Gasteiger partial charge in [-0.1, -0.05) is 31.2 Å². The molecule has 2 rings (SSSR count). The summed E-state index contributed by atoms with van der Waals surface area (Å²) in [5.41, 5.74) is 2.58. The first kappa shape index (κ1) is 11.3. The first-order chi connectivity index (χ1) is 7.83. The minimum absolute atomic E-state index is 0.894. The second-order valence-corrected chi connectivity index (χ2v) is 4.83. The van der Waals surface area contributed by atoms with Crippen LogP contribution in [0.2, 0.25) is 0 Å². The first-order valence-corrected chi connectivity index (χ1v) is 6.33. The third kappa shape index (κ3) is 2.49. The molecule has 0 bridgehead atoms. The molecule has 2 nitrogen and oxygen atoms in total. The average molecular weight is 232 g/mol. The molecule has 0 unspecified atom stereocenters. The molecular formula is C13H16N2S. The predicted molar refractivity (Wildman–Crippen MR) is 69.7 cm³/mol.